The Bertz CT molecular complexity index is 2260. The van der Waals surface area contributed by atoms with Crippen molar-refractivity contribution >= 4 is 65.2 Å². The number of rotatable bonds is 4. The summed E-state index contributed by atoms with van der Waals surface area (Å²) in [6.45, 7) is 5.24. The van der Waals surface area contributed by atoms with Crippen LogP contribution >= 0.6 is 0 Å². The Morgan fingerprint density at radius 2 is 0.800 bits per heavy atom. The van der Waals surface area contributed by atoms with E-state index in [4.69, 9.17) is 0 Å². The lowest BCUT2D eigenvalue weighted by Crippen LogP contribution is -2.19. The molecule has 0 atom stereocenters. The van der Waals surface area contributed by atoms with Crippen molar-refractivity contribution in [2.45, 2.75) is 39.8 Å². The lowest BCUT2D eigenvalue weighted by atomic mass is 9.98. The van der Waals surface area contributed by atoms with E-state index >= 15 is 0 Å². The molecular formula is C34H26N2O4. The van der Waals surface area contributed by atoms with Gasteiger partial charge in [-0.1, -0.05) is 62.4 Å². The van der Waals surface area contributed by atoms with Crippen molar-refractivity contribution in [3.8, 4) is 0 Å². The van der Waals surface area contributed by atoms with Gasteiger partial charge in [-0.15, -0.1) is 0 Å². The van der Waals surface area contributed by atoms with Gasteiger partial charge in [-0.3, -0.25) is 19.2 Å². The zero-order valence-corrected chi connectivity index (χ0v) is 22.3. The van der Waals surface area contributed by atoms with Gasteiger partial charge in [-0.25, -0.2) is 0 Å². The van der Waals surface area contributed by atoms with Crippen LogP contribution in [0.15, 0.2) is 92.0 Å². The van der Waals surface area contributed by atoms with Crippen molar-refractivity contribution in [3.05, 3.63) is 114 Å². The lowest BCUT2D eigenvalue weighted by Gasteiger charge is -2.23. The largest absolute Gasteiger partial charge is 0.337 e. The van der Waals surface area contributed by atoms with Gasteiger partial charge in [0.1, 0.15) is 0 Å². The molecule has 7 aromatic rings. The summed E-state index contributed by atoms with van der Waals surface area (Å²) in [4.78, 5) is 55.2. The molecule has 1 heterocycles. The molecule has 196 valence electrons. The normalized spacial score (nSPS) is 12.1. The number of nitrogens with zero attached hydrogens (tertiary/aromatic N) is 2. The van der Waals surface area contributed by atoms with Gasteiger partial charge in [0.15, 0.2) is 21.7 Å². The second-order valence-corrected chi connectivity index (χ2v) is 10.4. The van der Waals surface area contributed by atoms with Crippen molar-refractivity contribution < 1.29 is 0 Å². The maximum absolute atomic E-state index is 14.0. The Morgan fingerprint density at radius 3 is 1.15 bits per heavy atom. The fourth-order valence-corrected chi connectivity index (χ4v) is 6.45. The van der Waals surface area contributed by atoms with Gasteiger partial charge in [-0.2, -0.15) is 0 Å². The predicted molar refractivity (Wildman–Crippen MR) is 164 cm³/mol. The van der Waals surface area contributed by atoms with Gasteiger partial charge in [0.25, 0.3) is 0 Å². The van der Waals surface area contributed by atoms with Crippen molar-refractivity contribution in [2.75, 3.05) is 0 Å². The van der Waals surface area contributed by atoms with Crippen LogP contribution in [0.25, 0.3) is 65.2 Å². The number of aromatic nitrogens is 2. The zero-order chi connectivity index (χ0) is 27.7. The molecule has 40 heavy (non-hydrogen) atoms. The second-order valence-electron chi connectivity index (χ2n) is 10.4. The monoisotopic (exact) mass is 526 g/mol. The molecule has 0 spiro atoms. The van der Waals surface area contributed by atoms with Crippen LogP contribution in [0, 0.1) is 0 Å². The molecular weight excluding hydrogens is 500 g/mol. The van der Waals surface area contributed by atoms with E-state index < -0.39 is 0 Å². The van der Waals surface area contributed by atoms with Gasteiger partial charge < -0.3 is 9.13 Å². The number of aryl methyl sites for hydroxylation is 2. The van der Waals surface area contributed by atoms with E-state index in [1.807, 2.05) is 12.1 Å². The minimum atomic E-state index is -0.179. The molecule has 0 fully saturated rings. The number of benzene rings is 6. The van der Waals surface area contributed by atoms with E-state index in [0.29, 0.717) is 67.2 Å². The van der Waals surface area contributed by atoms with Gasteiger partial charge in [0.05, 0.1) is 32.8 Å². The molecule has 0 unspecified atom stereocenters. The number of hydrogen-bond donors (Lipinski definition) is 0. The van der Waals surface area contributed by atoms with Crippen LogP contribution in [-0.4, -0.2) is 9.13 Å². The molecule has 0 aliphatic carbocycles. The first kappa shape index (κ1) is 24.2. The zero-order valence-electron chi connectivity index (χ0n) is 22.3. The first-order valence-electron chi connectivity index (χ1n) is 13.7. The van der Waals surface area contributed by atoms with E-state index in [-0.39, 0.29) is 21.7 Å². The van der Waals surface area contributed by atoms with Crippen LogP contribution in [0.3, 0.4) is 0 Å². The van der Waals surface area contributed by atoms with E-state index in [1.54, 1.807) is 60.7 Å². The van der Waals surface area contributed by atoms with E-state index in [2.05, 4.69) is 23.0 Å². The Morgan fingerprint density at radius 1 is 0.450 bits per heavy atom. The van der Waals surface area contributed by atoms with Crippen LogP contribution in [0.5, 0.6) is 0 Å². The third-order valence-corrected chi connectivity index (χ3v) is 8.11. The molecule has 0 N–H and O–H groups in total. The average molecular weight is 527 g/mol. The number of fused-ring (bicyclic) bond motifs is 8. The molecule has 0 aliphatic heterocycles. The second kappa shape index (κ2) is 8.85. The standard InChI is InChI=1S/C34H26N2O4/c1-3-17-35-25-15-13-24-28(34(40)22-12-8-6-10-20(22)32(24)38)30(25)36(18-4-2)26-16-14-23-27(29(26)35)33(39)21-11-7-5-9-19(21)31(23)37/h5-16H,3-4,17-18H2,1-2H3. The quantitative estimate of drug-likeness (QED) is 0.211. The lowest BCUT2D eigenvalue weighted by molar-refractivity contribution is 0.691. The summed E-state index contributed by atoms with van der Waals surface area (Å²) in [5.41, 5.74) is 2.19. The summed E-state index contributed by atoms with van der Waals surface area (Å²) in [5.74, 6) is 0. The molecule has 1 aromatic heterocycles. The summed E-state index contributed by atoms with van der Waals surface area (Å²) >= 11 is 0. The maximum Gasteiger partial charge on any atom is 0.196 e. The predicted octanol–water partition coefficient (Wildman–Crippen LogP) is 5.91. The molecule has 6 nitrogen and oxygen atoms in total. The maximum atomic E-state index is 14.0. The molecule has 7 rings (SSSR count). The molecule has 6 heteroatoms. The van der Waals surface area contributed by atoms with Crippen molar-refractivity contribution in [2.24, 2.45) is 0 Å². The highest BCUT2D eigenvalue weighted by Gasteiger charge is 2.22. The molecule has 0 saturated carbocycles. The topological polar surface area (TPSA) is 78.1 Å². The summed E-state index contributed by atoms with van der Waals surface area (Å²) < 4.78 is 4.13. The fourth-order valence-electron chi connectivity index (χ4n) is 6.45. The third-order valence-electron chi connectivity index (χ3n) is 8.11. The Kier molecular flexibility index (Phi) is 5.36. The minimum absolute atomic E-state index is 0.167. The number of hydrogen-bond acceptors (Lipinski definition) is 4. The summed E-state index contributed by atoms with van der Waals surface area (Å²) in [6, 6.07) is 21.2. The van der Waals surface area contributed by atoms with E-state index in [0.717, 1.165) is 23.9 Å². The van der Waals surface area contributed by atoms with Crippen LogP contribution in [-0.2, 0) is 13.1 Å². The SMILES string of the molecule is CCCn1c2ccc3c(=O)c4ccccc4c(=O)c3c2n(CCC)c2ccc3c(=O)c4ccccc4c(=O)c3c21. The van der Waals surface area contributed by atoms with Crippen LogP contribution < -0.4 is 21.7 Å². The highest BCUT2D eigenvalue weighted by Crippen LogP contribution is 2.32. The van der Waals surface area contributed by atoms with Crippen LogP contribution in [0.4, 0.5) is 0 Å². The summed E-state index contributed by atoms with van der Waals surface area (Å²) in [7, 11) is 0. The van der Waals surface area contributed by atoms with Gasteiger partial charge in [0.2, 0.25) is 0 Å². The van der Waals surface area contributed by atoms with Crippen molar-refractivity contribution in [1.29, 1.82) is 0 Å². The first-order valence-corrected chi connectivity index (χ1v) is 13.7. The highest BCUT2D eigenvalue weighted by molar-refractivity contribution is 6.15. The van der Waals surface area contributed by atoms with Crippen molar-refractivity contribution in [1.82, 2.24) is 9.13 Å². The van der Waals surface area contributed by atoms with Crippen molar-refractivity contribution in [3.63, 3.8) is 0 Å². The third kappa shape index (κ3) is 3.10. The molecule has 0 radical (unpaired) electrons. The molecule has 0 amide bonds. The van der Waals surface area contributed by atoms with Gasteiger partial charge in [-0.05, 0) is 37.1 Å². The van der Waals surface area contributed by atoms with E-state index in [1.165, 1.54) is 0 Å². The Hall–Kier alpha value is -4.84. The average Bonchev–Trinajstić information content (AvgIpc) is 2.99. The fraction of sp³-hybridized carbons (Fsp3) is 0.176. The summed E-state index contributed by atoms with van der Waals surface area (Å²) in [5, 5.41) is 3.21. The minimum Gasteiger partial charge on any atom is -0.337 e. The van der Waals surface area contributed by atoms with Gasteiger partial charge in [0, 0.05) is 45.4 Å². The molecule has 6 aromatic carbocycles. The highest BCUT2D eigenvalue weighted by atomic mass is 16.1. The Labute approximate surface area is 227 Å². The molecule has 0 aliphatic rings. The van der Waals surface area contributed by atoms with Gasteiger partial charge >= 0.3 is 0 Å². The molecule has 0 bridgehead atoms. The Balaban J connectivity index is 1.84. The van der Waals surface area contributed by atoms with Crippen LogP contribution in [0.2, 0.25) is 0 Å². The van der Waals surface area contributed by atoms with Crippen LogP contribution in [0.1, 0.15) is 26.7 Å². The molecule has 0 saturated heterocycles. The van der Waals surface area contributed by atoms with E-state index in [9.17, 15) is 19.2 Å². The smallest absolute Gasteiger partial charge is 0.196 e. The summed E-state index contributed by atoms with van der Waals surface area (Å²) in [6.07, 6.45) is 1.53. The first-order chi connectivity index (χ1) is 19.5.